The summed E-state index contributed by atoms with van der Waals surface area (Å²) in [6.45, 7) is -0.141. The van der Waals surface area contributed by atoms with Gasteiger partial charge >= 0.3 is 0 Å². The van der Waals surface area contributed by atoms with Gasteiger partial charge in [0.1, 0.15) is 0 Å². The molecule has 0 aliphatic rings. The molecule has 0 radical (unpaired) electrons. The van der Waals surface area contributed by atoms with Crippen LogP contribution in [0.15, 0.2) is 24.5 Å². The Morgan fingerprint density at radius 1 is 1.36 bits per heavy atom. The Labute approximate surface area is 80.5 Å². The first kappa shape index (κ1) is 10.1. The van der Waals surface area contributed by atoms with Gasteiger partial charge < -0.3 is 5.32 Å². The number of rotatable bonds is 3. The van der Waals surface area contributed by atoms with Gasteiger partial charge in [-0.05, 0) is 12.1 Å². The molecule has 6 heteroatoms. The van der Waals surface area contributed by atoms with E-state index in [1.165, 1.54) is 12.4 Å². The summed E-state index contributed by atoms with van der Waals surface area (Å²) in [4.78, 5) is 25.7. The second-order valence-corrected chi connectivity index (χ2v) is 2.49. The van der Waals surface area contributed by atoms with Crippen LogP contribution in [0.25, 0.3) is 0 Å². The molecule has 0 bridgehead atoms. The van der Waals surface area contributed by atoms with Crippen molar-refractivity contribution in [3.8, 4) is 0 Å². The maximum Gasteiger partial charge on any atom is 0.253 e. The lowest BCUT2D eigenvalue weighted by atomic mass is 10.2. The highest BCUT2D eigenvalue weighted by molar-refractivity contribution is 5.96. The van der Waals surface area contributed by atoms with Gasteiger partial charge in [-0.25, -0.2) is 5.84 Å². The molecule has 74 valence electrons. The standard InChI is InChI=1S/C8H10N4O2/c9-12-7(13)5-11-8(14)6-1-3-10-4-2-6/h1-4H,5,9H2,(H,11,14)(H,12,13). The minimum Gasteiger partial charge on any atom is -0.343 e. The second kappa shape index (κ2) is 4.93. The van der Waals surface area contributed by atoms with Crippen molar-refractivity contribution in [2.75, 3.05) is 6.54 Å². The molecule has 2 amide bonds. The second-order valence-electron chi connectivity index (χ2n) is 2.49. The number of amides is 2. The third-order valence-electron chi connectivity index (χ3n) is 1.51. The van der Waals surface area contributed by atoms with E-state index in [1.54, 1.807) is 12.1 Å². The number of nitrogens with zero attached hydrogens (tertiary/aromatic N) is 1. The van der Waals surface area contributed by atoms with Gasteiger partial charge in [-0.15, -0.1) is 0 Å². The summed E-state index contributed by atoms with van der Waals surface area (Å²) in [5.74, 6) is 4.05. The van der Waals surface area contributed by atoms with Crippen molar-refractivity contribution in [1.82, 2.24) is 15.7 Å². The van der Waals surface area contributed by atoms with Crippen LogP contribution in [0, 0.1) is 0 Å². The molecule has 6 nitrogen and oxygen atoms in total. The molecule has 1 aromatic heterocycles. The molecule has 0 atom stereocenters. The summed E-state index contributed by atoms with van der Waals surface area (Å²) >= 11 is 0. The molecular formula is C8H10N4O2. The predicted molar refractivity (Wildman–Crippen MR) is 48.9 cm³/mol. The highest BCUT2D eigenvalue weighted by Crippen LogP contribution is 1.94. The molecule has 0 fully saturated rings. The highest BCUT2D eigenvalue weighted by Gasteiger charge is 2.05. The Bertz CT molecular complexity index is 325. The lowest BCUT2D eigenvalue weighted by Gasteiger charge is -2.02. The third kappa shape index (κ3) is 2.83. The van der Waals surface area contributed by atoms with Crippen LogP contribution in [0.3, 0.4) is 0 Å². The smallest absolute Gasteiger partial charge is 0.253 e. The van der Waals surface area contributed by atoms with E-state index < -0.39 is 5.91 Å². The first-order chi connectivity index (χ1) is 6.74. The fourth-order valence-corrected chi connectivity index (χ4v) is 0.817. The number of hydrogen-bond acceptors (Lipinski definition) is 4. The van der Waals surface area contributed by atoms with Gasteiger partial charge in [0.15, 0.2) is 0 Å². The zero-order chi connectivity index (χ0) is 10.4. The molecular weight excluding hydrogens is 184 g/mol. The fourth-order valence-electron chi connectivity index (χ4n) is 0.817. The Balaban J connectivity index is 2.48. The molecule has 0 spiro atoms. The van der Waals surface area contributed by atoms with E-state index in [-0.39, 0.29) is 12.5 Å². The van der Waals surface area contributed by atoms with Crippen LogP contribution in [0.2, 0.25) is 0 Å². The summed E-state index contributed by atoms with van der Waals surface area (Å²) in [7, 11) is 0. The Hall–Kier alpha value is -1.95. The largest absolute Gasteiger partial charge is 0.343 e. The molecule has 0 saturated carbocycles. The first-order valence-corrected chi connectivity index (χ1v) is 3.91. The van der Waals surface area contributed by atoms with Gasteiger partial charge in [0, 0.05) is 18.0 Å². The van der Waals surface area contributed by atoms with Gasteiger partial charge in [-0.1, -0.05) is 0 Å². The molecule has 0 aliphatic carbocycles. The average Bonchev–Trinajstić information content (AvgIpc) is 2.26. The number of carbonyl (C=O) groups excluding carboxylic acids is 2. The van der Waals surface area contributed by atoms with Crippen molar-refractivity contribution in [2.45, 2.75) is 0 Å². The molecule has 0 aliphatic heterocycles. The Kier molecular flexibility index (Phi) is 3.57. The van der Waals surface area contributed by atoms with E-state index in [9.17, 15) is 9.59 Å². The van der Waals surface area contributed by atoms with E-state index in [2.05, 4.69) is 10.3 Å². The molecule has 1 rings (SSSR count). The molecule has 0 aromatic carbocycles. The van der Waals surface area contributed by atoms with Crippen molar-refractivity contribution in [3.63, 3.8) is 0 Å². The number of pyridine rings is 1. The predicted octanol–water partition coefficient (Wildman–Crippen LogP) is -1.20. The number of hydrazine groups is 1. The van der Waals surface area contributed by atoms with Crippen LogP contribution < -0.4 is 16.6 Å². The van der Waals surface area contributed by atoms with Gasteiger partial charge in [-0.3, -0.25) is 20.0 Å². The first-order valence-electron chi connectivity index (χ1n) is 3.91. The minimum absolute atomic E-state index is 0.141. The summed E-state index contributed by atoms with van der Waals surface area (Å²) in [5.41, 5.74) is 2.35. The average molecular weight is 194 g/mol. The number of nitrogens with two attached hydrogens (primary N) is 1. The summed E-state index contributed by atoms with van der Waals surface area (Å²) in [6, 6.07) is 3.10. The lowest BCUT2D eigenvalue weighted by molar-refractivity contribution is -0.120. The van der Waals surface area contributed by atoms with Gasteiger partial charge in [-0.2, -0.15) is 0 Å². The van der Waals surface area contributed by atoms with E-state index in [0.29, 0.717) is 5.56 Å². The minimum atomic E-state index is -0.451. The Morgan fingerprint density at radius 2 is 2.00 bits per heavy atom. The summed E-state index contributed by atoms with van der Waals surface area (Å²) < 4.78 is 0. The topological polar surface area (TPSA) is 97.1 Å². The Morgan fingerprint density at radius 3 is 2.57 bits per heavy atom. The normalized spacial score (nSPS) is 9.21. The third-order valence-corrected chi connectivity index (χ3v) is 1.51. The fraction of sp³-hybridized carbons (Fsp3) is 0.125. The monoisotopic (exact) mass is 194 g/mol. The summed E-state index contributed by atoms with van der Waals surface area (Å²) in [5, 5.41) is 2.39. The zero-order valence-corrected chi connectivity index (χ0v) is 7.36. The maximum absolute atomic E-state index is 11.3. The van der Waals surface area contributed by atoms with Crippen molar-refractivity contribution in [3.05, 3.63) is 30.1 Å². The number of carbonyl (C=O) groups is 2. The van der Waals surface area contributed by atoms with Crippen molar-refractivity contribution in [2.24, 2.45) is 5.84 Å². The van der Waals surface area contributed by atoms with Crippen LogP contribution in [-0.2, 0) is 4.79 Å². The van der Waals surface area contributed by atoms with Crippen LogP contribution >= 0.6 is 0 Å². The quantitative estimate of drug-likeness (QED) is 0.320. The summed E-state index contributed by atoms with van der Waals surface area (Å²) in [6.07, 6.45) is 3.00. The number of hydrogen-bond donors (Lipinski definition) is 3. The molecule has 14 heavy (non-hydrogen) atoms. The van der Waals surface area contributed by atoms with E-state index >= 15 is 0 Å². The van der Waals surface area contributed by atoms with E-state index in [1.807, 2.05) is 5.43 Å². The molecule has 0 saturated heterocycles. The number of nitrogens with one attached hydrogen (secondary N) is 2. The van der Waals surface area contributed by atoms with Crippen LogP contribution in [0.1, 0.15) is 10.4 Å². The van der Waals surface area contributed by atoms with Crippen LogP contribution in [0.4, 0.5) is 0 Å². The molecule has 4 N–H and O–H groups in total. The van der Waals surface area contributed by atoms with E-state index in [4.69, 9.17) is 5.84 Å². The van der Waals surface area contributed by atoms with E-state index in [0.717, 1.165) is 0 Å². The van der Waals surface area contributed by atoms with Gasteiger partial charge in [0.05, 0.1) is 6.54 Å². The highest BCUT2D eigenvalue weighted by atomic mass is 16.2. The molecule has 1 heterocycles. The maximum atomic E-state index is 11.3. The SMILES string of the molecule is NNC(=O)CNC(=O)c1ccncc1. The van der Waals surface area contributed by atoms with Crippen LogP contribution in [0.5, 0.6) is 0 Å². The molecule has 0 unspecified atom stereocenters. The lowest BCUT2D eigenvalue weighted by Crippen LogP contribution is -2.40. The van der Waals surface area contributed by atoms with Crippen molar-refractivity contribution < 1.29 is 9.59 Å². The van der Waals surface area contributed by atoms with Gasteiger partial charge in [0.2, 0.25) is 0 Å². The van der Waals surface area contributed by atoms with Gasteiger partial charge in [0.25, 0.3) is 11.8 Å². The van der Waals surface area contributed by atoms with Crippen LogP contribution in [-0.4, -0.2) is 23.3 Å². The van der Waals surface area contributed by atoms with Crippen molar-refractivity contribution in [1.29, 1.82) is 0 Å². The zero-order valence-electron chi connectivity index (χ0n) is 7.36. The molecule has 1 aromatic rings. The van der Waals surface area contributed by atoms with Crippen molar-refractivity contribution >= 4 is 11.8 Å². The number of aromatic nitrogens is 1.